The van der Waals surface area contributed by atoms with Crippen molar-refractivity contribution in [3.05, 3.63) is 52.4 Å². The maximum atomic E-state index is 13.1. The van der Waals surface area contributed by atoms with E-state index in [1.165, 1.54) is 20.3 Å². The van der Waals surface area contributed by atoms with Gasteiger partial charge in [-0.05, 0) is 25.0 Å². The fourth-order valence-electron chi connectivity index (χ4n) is 3.48. The zero-order chi connectivity index (χ0) is 21.3. The molecule has 9 nitrogen and oxygen atoms in total. The van der Waals surface area contributed by atoms with Crippen molar-refractivity contribution in [2.24, 2.45) is 0 Å². The first kappa shape index (κ1) is 19.7. The lowest BCUT2D eigenvalue weighted by atomic mass is 10.1. The van der Waals surface area contributed by atoms with Gasteiger partial charge in [0, 0.05) is 24.7 Å². The van der Waals surface area contributed by atoms with Crippen LogP contribution < -0.4 is 14.8 Å². The highest BCUT2D eigenvalue weighted by Gasteiger charge is 2.29. The van der Waals surface area contributed by atoms with Gasteiger partial charge in [0.15, 0.2) is 5.82 Å². The monoisotopic (exact) mass is 409 g/mol. The molecule has 156 valence electrons. The number of hydrogen-bond acceptors (Lipinski definition) is 8. The zero-order valence-corrected chi connectivity index (χ0v) is 17.4. The predicted molar refractivity (Wildman–Crippen MR) is 109 cm³/mol. The molecule has 0 atom stereocenters. The molecule has 0 bridgehead atoms. The minimum absolute atomic E-state index is 0.0813. The number of aryl methyl sites for hydroxylation is 2. The smallest absolute Gasteiger partial charge is 0.320 e. The van der Waals surface area contributed by atoms with Crippen molar-refractivity contribution < 1.29 is 18.8 Å². The summed E-state index contributed by atoms with van der Waals surface area (Å²) in [6, 6.07) is 7.67. The van der Waals surface area contributed by atoms with E-state index in [2.05, 4.69) is 20.4 Å². The first-order valence-electron chi connectivity index (χ1n) is 9.57. The van der Waals surface area contributed by atoms with E-state index in [1.807, 2.05) is 32.0 Å². The van der Waals surface area contributed by atoms with Crippen LogP contribution >= 0.6 is 0 Å². The molecule has 0 radical (unpaired) electrons. The molecular weight excluding hydrogens is 386 g/mol. The maximum Gasteiger partial charge on any atom is 0.320 e. The van der Waals surface area contributed by atoms with Gasteiger partial charge in [0.05, 0.1) is 26.3 Å². The molecule has 9 heteroatoms. The maximum absolute atomic E-state index is 13.1. The topological polar surface area (TPSA) is 103 Å². The molecule has 0 fully saturated rings. The summed E-state index contributed by atoms with van der Waals surface area (Å²) in [5, 5.41) is 7.58. The molecule has 0 aliphatic carbocycles. The molecule has 0 saturated heterocycles. The van der Waals surface area contributed by atoms with E-state index in [1.54, 1.807) is 4.90 Å². The number of nitrogens with one attached hydrogen (secondary N) is 1. The van der Waals surface area contributed by atoms with Gasteiger partial charge < -0.3 is 24.2 Å². The van der Waals surface area contributed by atoms with Gasteiger partial charge in [0.2, 0.25) is 5.88 Å². The molecule has 0 unspecified atom stereocenters. The van der Waals surface area contributed by atoms with E-state index >= 15 is 0 Å². The lowest BCUT2D eigenvalue weighted by Gasteiger charge is -2.26. The number of nitrogens with zero attached hydrogens (tertiary/aromatic N) is 4. The van der Waals surface area contributed by atoms with Crippen LogP contribution in [-0.4, -0.2) is 46.7 Å². The normalized spacial score (nSPS) is 13.0. The van der Waals surface area contributed by atoms with Crippen molar-refractivity contribution in [1.29, 1.82) is 0 Å². The Balaban J connectivity index is 1.60. The standard InChI is InChI=1S/C21H23N5O4/c1-12-6-5-7-13(2)18(12)24-19-14-11-26(9-8-16(14)30-25-19)20(27)15-10-17(28-3)23-21(22-15)29-4/h5-7,10H,8-9,11H2,1-4H3,(H,24,25). The molecule has 4 rings (SSSR count). The van der Waals surface area contributed by atoms with Crippen LogP contribution in [0.1, 0.15) is 32.9 Å². The average molecular weight is 409 g/mol. The second-order valence-corrected chi connectivity index (χ2v) is 7.08. The minimum atomic E-state index is -0.237. The van der Waals surface area contributed by atoms with Gasteiger partial charge in [-0.2, -0.15) is 9.97 Å². The van der Waals surface area contributed by atoms with E-state index in [0.29, 0.717) is 25.3 Å². The van der Waals surface area contributed by atoms with Crippen molar-refractivity contribution >= 4 is 17.4 Å². The summed E-state index contributed by atoms with van der Waals surface area (Å²) in [7, 11) is 2.92. The Bertz CT molecular complexity index is 1050. The highest BCUT2D eigenvalue weighted by atomic mass is 16.5. The van der Waals surface area contributed by atoms with Crippen LogP contribution in [0.3, 0.4) is 0 Å². The second-order valence-electron chi connectivity index (χ2n) is 7.08. The third-order valence-electron chi connectivity index (χ3n) is 5.13. The van der Waals surface area contributed by atoms with E-state index in [9.17, 15) is 4.79 Å². The molecule has 1 aliphatic rings. The predicted octanol–water partition coefficient (Wildman–Crippen LogP) is 3.04. The Hall–Kier alpha value is -3.62. The highest BCUT2D eigenvalue weighted by Crippen LogP contribution is 2.31. The van der Waals surface area contributed by atoms with Gasteiger partial charge in [-0.15, -0.1) is 0 Å². The number of rotatable bonds is 5. The molecule has 1 aromatic carbocycles. The fourth-order valence-corrected chi connectivity index (χ4v) is 3.48. The van der Waals surface area contributed by atoms with Gasteiger partial charge >= 0.3 is 6.01 Å². The number of aromatic nitrogens is 3. The largest absolute Gasteiger partial charge is 0.481 e. The molecule has 0 saturated carbocycles. The summed E-state index contributed by atoms with van der Waals surface area (Å²) in [5.41, 5.74) is 4.28. The molecular formula is C21H23N5O4. The minimum Gasteiger partial charge on any atom is -0.481 e. The van der Waals surface area contributed by atoms with Gasteiger partial charge in [0.25, 0.3) is 5.91 Å². The Labute approximate surface area is 174 Å². The van der Waals surface area contributed by atoms with Gasteiger partial charge in [-0.3, -0.25) is 4.79 Å². The van der Waals surface area contributed by atoms with Crippen LogP contribution in [0.15, 0.2) is 28.8 Å². The number of amides is 1. The number of ether oxygens (including phenoxy) is 2. The summed E-state index contributed by atoms with van der Waals surface area (Å²) < 4.78 is 15.8. The second kappa shape index (κ2) is 8.02. The van der Waals surface area contributed by atoms with Crippen LogP contribution in [0.25, 0.3) is 0 Å². The first-order chi connectivity index (χ1) is 14.5. The molecule has 0 spiro atoms. The van der Waals surface area contributed by atoms with Gasteiger partial charge in [0.1, 0.15) is 11.5 Å². The molecule has 1 amide bonds. The van der Waals surface area contributed by atoms with Crippen molar-refractivity contribution in [1.82, 2.24) is 20.0 Å². The summed E-state index contributed by atoms with van der Waals surface area (Å²) >= 11 is 0. The summed E-state index contributed by atoms with van der Waals surface area (Å²) in [6.45, 7) is 4.93. The van der Waals surface area contributed by atoms with Crippen molar-refractivity contribution in [2.75, 3.05) is 26.1 Å². The third-order valence-corrected chi connectivity index (χ3v) is 5.13. The van der Waals surface area contributed by atoms with Crippen molar-refractivity contribution in [3.63, 3.8) is 0 Å². The number of methoxy groups -OCH3 is 2. The molecule has 2 aromatic heterocycles. The number of carbonyl (C=O) groups excluding carboxylic acids is 1. The lowest BCUT2D eigenvalue weighted by molar-refractivity contribution is 0.0721. The average Bonchev–Trinajstić information content (AvgIpc) is 3.17. The molecule has 3 heterocycles. The Morgan fingerprint density at radius 2 is 1.93 bits per heavy atom. The Morgan fingerprint density at radius 3 is 2.63 bits per heavy atom. The highest BCUT2D eigenvalue weighted by molar-refractivity contribution is 5.93. The first-order valence-corrected chi connectivity index (χ1v) is 9.57. The van der Waals surface area contributed by atoms with Crippen LogP contribution in [-0.2, 0) is 13.0 Å². The van der Waals surface area contributed by atoms with Crippen LogP contribution in [0.2, 0.25) is 0 Å². The van der Waals surface area contributed by atoms with E-state index in [0.717, 1.165) is 28.1 Å². The molecule has 3 aromatic rings. The number of benzene rings is 1. The Kier molecular flexibility index (Phi) is 5.26. The van der Waals surface area contributed by atoms with E-state index in [4.69, 9.17) is 14.0 Å². The zero-order valence-electron chi connectivity index (χ0n) is 17.4. The third kappa shape index (κ3) is 3.66. The van der Waals surface area contributed by atoms with Crippen LogP contribution in [0, 0.1) is 13.8 Å². The lowest BCUT2D eigenvalue weighted by Crippen LogP contribution is -2.36. The fraction of sp³-hybridized carbons (Fsp3) is 0.333. The summed E-state index contributed by atoms with van der Waals surface area (Å²) in [5.74, 6) is 1.44. The van der Waals surface area contributed by atoms with Gasteiger partial charge in [-0.1, -0.05) is 23.4 Å². The quantitative estimate of drug-likeness (QED) is 0.686. The number of fused-ring (bicyclic) bond motifs is 1. The van der Waals surface area contributed by atoms with Crippen molar-refractivity contribution in [3.8, 4) is 11.9 Å². The number of anilines is 2. The van der Waals surface area contributed by atoms with E-state index < -0.39 is 0 Å². The molecule has 30 heavy (non-hydrogen) atoms. The van der Waals surface area contributed by atoms with Gasteiger partial charge in [-0.25, -0.2) is 0 Å². The van der Waals surface area contributed by atoms with E-state index in [-0.39, 0.29) is 23.5 Å². The number of carbonyl (C=O) groups is 1. The molecule has 1 N–H and O–H groups in total. The molecule has 1 aliphatic heterocycles. The van der Waals surface area contributed by atoms with Crippen LogP contribution in [0.4, 0.5) is 11.5 Å². The Morgan fingerprint density at radius 1 is 1.17 bits per heavy atom. The van der Waals surface area contributed by atoms with Crippen molar-refractivity contribution in [2.45, 2.75) is 26.8 Å². The number of hydrogen-bond donors (Lipinski definition) is 1. The SMILES string of the molecule is COc1cc(C(=O)N2CCc3onc(Nc4c(C)cccc4C)c3C2)nc(OC)n1. The summed E-state index contributed by atoms with van der Waals surface area (Å²) in [6.07, 6.45) is 0.571. The summed E-state index contributed by atoms with van der Waals surface area (Å²) in [4.78, 5) is 23.0. The van der Waals surface area contributed by atoms with Crippen LogP contribution in [0.5, 0.6) is 11.9 Å². The number of para-hydroxylation sites is 1.